The van der Waals surface area contributed by atoms with Crippen molar-refractivity contribution >= 4 is 20.8 Å². The van der Waals surface area contributed by atoms with E-state index < -0.39 is 10.0 Å². The zero-order valence-electron chi connectivity index (χ0n) is 14.4. The third kappa shape index (κ3) is 3.44. The van der Waals surface area contributed by atoms with E-state index >= 15 is 0 Å². The van der Waals surface area contributed by atoms with Gasteiger partial charge in [-0.1, -0.05) is 24.3 Å². The summed E-state index contributed by atoms with van der Waals surface area (Å²) in [5, 5.41) is 11.1. The van der Waals surface area contributed by atoms with Crippen LogP contribution in [0, 0.1) is 0 Å². The van der Waals surface area contributed by atoms with Crippen molar-refractivity contribution in [1.29, 1.82) is 0 Å². The molecule has 0 aliphatic rings. The van der Waals surface area contributed by atoms with E-state index in [1.54, 1.807) is 42.5 Å². The molecule has 0 radical (unpaired) electrons. The number of para-hydroxylation sites is 1. The predicted molar refractivity (Wildman–Crippen MR) is 99.2 cm³/mol. The van der Waals surface area contributed by atoms with Crippen molar-refractivity contribution in [2.75, 3.05) is 14.2 Å². The Morgan fingerprint density at radius 2 is 1.77 bits per heavy atom. The minimum Gasteiger partial charge on any atom is -0.507 e. The highest BCUT2D eigenvalue weighted by Gasteiger charge is 2.17. The SMILES string of the molecule is COc1cccc(CNS(=O)(=O)c2ccc3c(O)cccc3c2)c1OC. The molecule has 2 N–H and O–H groups in total. The maximum atomic E-state index is 12.6. The molecule has 6 nitrogen and oxygen atoms in total. The predicted octanol–water partition coefficient (Wildman–Crippen LogP) is 3.04. The molecule has 0 aromatic heterocycles. The lowest BCUT2D eigenvalue weighted by Gasteiger charge is -2.13. The lowest BCUT2D eigenvalue weighted by atomic mass is 10.1. The first-order valence-electron chi connectivity index (χ1n) is 7.87. The van der Waals surface area contributed by atoms with Crippen molar-refractivity contribution in [3.8, 4) is 17.2 Å². The zero-order valence-corrected chi connectivity index (χ0v) is 15.2. The molecule has 0 aliphatic heterocycles. The Hall–Kier alpha value is -2.77. The molecule has 0 aliphatic carbocycles. The van der Waals surface area contributed by atoms with Gasteiger partial charge in [-0.25, -0.2) is 13.1 Å². The first-order chi connectivity index (χ1) is 12.5. The van der Waals surface area contributed by atoms with Gasteiger partial charge in [-0.15, -0.1) is 0 Å². The summed E-state index contributed by atoms with van der Waals surface area (Å²) < 4.78 is 38.4. The van der Waals surface area contributed by atoms with Crippen LogP contribution in [0.1, 0.15) is 5.56 Å². The number of phenolic OH excluding ortho intramolecular Hbond substituents is 1. The van der Waals surface area contributed by atoms with Gasteiger partial charge in [0.1, 0.15) is 5.75 Å². The second-order valence-corrected chi connectivity index (χ2v) is 7.40. The fraction of sp³-hybridized carbons (Fsp3) is 0.158. The third-order valence-electron chi connectivity index (χ3n) is 4.08. The van der Waals surface area contributed by atoms with Crippen molar-refractivity contribution in [2.24, 2.45) is 0 Å². The number of phenols is 1. The van der Waals surface area contributed by atoms with Gasteiger partial charge in [0.15, 0.2) is 11.5 Å². The molecule has 0 saturated carbocycles. The molecular weight excluding hydrogens is 354 g/mol. The monoisotopic (exact) mass is 373 g/mol. The molecule has 0 heterocycles. The van der Waals surface area contributed by atoms with Gasteiger partial charge < -0.3 is 14.6 Å². The Kier molecular flexibility index (Phi) is 5.01. The van der Waals surface area contributed by atoms with Crippen LogP contribution in [0.3, 0.4) is 0 Å². The van der Waals surface area contributed by atoms with Gasteiger partial charge in [-0.2, -0.15) is 0 Å². The Bertz CT molecular complexity index is 1050. The summed E-state index contributed by atoms with van der Waals surface area (Å²) in [6, 6.07) is 14.8. The molecule has 0 fully saturated rings. The number of hydrogen-bond donors (Lipinski definition) is 2. The van der Waals surface area contributed by atoms with Gasteiger partial charge >= 0.3 is 0 Å². The molecule has 3 aromatic rings. The maximum absolute atomic E-state index is 12.6. The van der Waals surface area contributed by atoms with Crippen LogP contribution in [0.25, 0.3) is 10.8 Å². The summed E-state index contributed by atoms with van der Waals surface area (Å²) in [4.78, 5) is 0.123. The van der Waals surface area contributed by atoms with Crippen molar-refractivity contribution < 1.29 is 23.0 Å². The topological polar surface area (TPSA) is 84.9 Å². The average Bonchev–Trinajstić information content (AvgIpc) is 2.65. The molecule has 3 rings (SSSR count). The first kappa shape index (κ1) is 18.0. The molecule has 0 saturated heterocycles. The highest BCUT2D eigenvalue weighted by molar-refractivity contribution is 7.89. The molecule has 3 aromatic carbocycles. The van der Waals surface area contributed by atoms with E-state index in [-0.39, 0.29) is 17.2 Å². The average molecular weight is 373 g/mol. The van der Waals surface area contributed by atoms with Gasteiger partial charge in [-0.3, -0.25) is 0 Å². The van der Waals surface area contributed by atoms with E-state index in [0.717, 1.165) is 0 Å². The van der Waals surface area contributed by atoms with E-state index in [1.165, 1.54) is 26.4 Å². The van der Waals surface area contributed by atoms with Crippen LogP contribution in [-0.4, -0.2) is 27.7 Å². The van der Waals surface area contributed by atoms with Crippen molar-refractivity contribution in [3.63, 3.8) is 0 Å². The molecule has 136 valence electrons. The normalized spacial score (nSPS) is 11.5. The second-order valence-electron chi connectivity index (χ2n) is 5.64. The number of methoxy groups -OCH3 is 2. The van der Waals surface area contributed by atoms with E-state index in [2.05, 4.69) is 4.72 Å². The number of aromatic hydroxyl groups is 1. The quantitative estimate of drug-likeness (QED) is 0.694. The Labute approximate surface area is 152 Å². The summed E-state index contributed by atoms with van der Waals surface area (Å²) in [6.45, 7) is 0.0563. The molecular formula is C19H19NO5S. The number of benzene rings is 3. The highest BCUT2D eigenvalue weighted by Crippen LogP contribution is 2.31. The smallest absolute Gasteiger partial charge is 0.240 e. The summed E-state index contributed by atoms with van der Waals surface area (Å²) >= 11 is 0. The lowest BCUT2D eigenvalue weighted by molar-refractivity contribution is 0.351. The van der Waals surface area contributed by atoms with Gasteiger partial charge in [0.25, 0.3) is 0 Å². The van der Waals surface area contributed by atoms with Crippen LogP contribution in [-0.2, 0) is 16.6 Å². The summed E-state index contributed by atoms with van der Waals surface area (Å²) in [7, 11) is -0.706. The number of rotatable bonds is 6. The van der Waals surface area contributed by atoms with E-state index in [1.807, 2.05) is 0 Å². The summed E-state index contributed by atoms with van der Waals surface area (Å²) in [5.41, 5.74) is 0.661. The lowest BCUT2D eigenvalue weighted by Crippen LogP contribution is -2.23. The molecule has 0 spiro atoms. The summed E-state index contributed by atoms with van der Waals surface area (Å²) in [5.74, 6) is 1.13. The third-order valence-corrected chi connectivity index (χ3v) is 5.48. The van der Waals surface area contributed by atoms with Crippen LogP contribution in [0.5, 0.6) is 17.2 Å². The van der Waals surface area contributed by atoms with Gasteiger partial charge in [0.2, 0.25) is 10.0 Å². The van der Waals surface area contributed by atoms with E-state index in [4.69, 9.17) is 9.47 Å². The van der Waals surface area contributed by atoms with E-state index in [0.29, 0.717) is 27.8 Å². The maximum Gasteiger partial charge on any atom is 0.240 e. The second kappa shape index (κ2) is 7.23. The molecule has 0 amide bonds. The number of sulfonamides is 1. The Morgan fingerprint density at radius 1 is 1.00 bits per heavy atom. The van der Waals surface area contributed by atoms with Crippen molar-refractivity contribution in [1.82, 2.24) is 4.72 Å². The zero-order chi connectivity index (χ0) is 18.7. The number of ether oxygens (including phenoxy) is 2. The summed E-state index contributed by atoms with van der Waals surface area (Å²) in [6.07, 6.45) is 0. The molecule has 0 bridgehead atoms. The number of hydrogen-bond acceptors (Lipinski definition) is 5. The van der Waals surface area contributed by atoms with Gasteiger partial charge in [-0.05, 0) is 35.7 Å². The van der Waals surface area contributed by atoms with Crippen LogP contribution in [0.4, 0.5) is 0 Å². The molecule has 0 unspecified atom stereocenters. The van der Waals surface area contributed by atoms with Crippen molar-refractivity contribution in [3.05, 3.63) is 60.2 Å². The Morgan fingerprint density at radius 3 is 2.50 bits per heavy atom. The molecule has 26 heavy (non-hydrogen) atoms. The van der Waals surface area contributed by atoms with Crippen LogP contribution < -0.4 is 14.2 Å². The first-order valence-corrected chi connectivity index (χ1v) is 9.36. The van der Waals surface area contributed by atoms with Crippen LogP contribution in [0.15, 0.2) is 59.5 Å². The van der Waals surface area contributed by atoms with Gasteiger partial charge in [0.05, 0.1) is 19.1 Å². The van der Waals surface area contributed by atoms with E-state index in [9.17, 15) is 13.5 Å². The van der Waals surface area contributed by atoms with Gasteiger partial charge in [0, 0.05) is 17.5 Å². The fourth-order valence-corrected chi connectivity index (χ4v) is 3.80. The number of nitrogens with one attached hydrogen (secondary N) is 1. The van der Waals surface area contributed by atoms with Crippen LogP contribution in [0.2, 0.25) is 0 Å². The minimum atomic E-state index is -3.74. The number of fused-ring (bicyclic) bond motifs is 1. The highest BCUT2D eigenvalue weighted by atomic mass is 32.2. The molecule has 7 heteroatoms. The van der Waals surface area contributed by atoms with Crippen molar-refractivity contribution in [2.45, 2.75) is 11.4 Å². The van der Waals surface area contributed by atoms with Crippen LogP contribution >= 0.6 is 0 Å². The fourth-order valence-electron chi connectivity index (χ4n) is 2.76. The standard InChI is InChI=1S/C19H19NO5S/c1-24-18-8-4-6-14(19(18)25-2)12-20-26(22,23)15-9-10-16-13(11-15)5-3-7-17(16)21/h3-11,20-21H,12H2,1-2H3. The minimum absolute atomic E-state index is 0.0563. The largest absolute Gasteiger partial charge is 0.507 e. The molecule has 0 atom stereocenters. The Balaban J connectivity index is 1.88.